The number of carbonyl (C=O) groups is 1. The highest BCUT2D eigenvalue weighted by Crippen LogP contribution is 2.03. The molecule has 0 aliphatic rings. The van der Waals surface area contributed by atoms with Gasteiger partial charge in [0.2, 0.25) is 5.91 Å². The summed E-state index contributed by atoms with van der Waals surface area (Å²) in [5.74, 6) is 0.750. The zero-order chi connectivity index (χ0) is 11.1. The quantitative estimate of drug-likeness (QED) is 0.740. The minimum absolute atomic E-state index is 0.0566. The van der Waals surface area contributed by atoms with Gasteiger partial charge in [-0.25, -0.2) is 0 Å². The SMILES string of the molecule is CCC(O)CNC(=O)CCc1ccco1. The smallest absolute Gasteiger partial charge is 0.220 e. The summed E-state index contributed by atoms with van der Waals surface area (Å²) < 4.78 is 5.10. The van der Waals surface area contributed by atoms with E-state index in [4.69, 9.17) is 4.42 Å². The van der Waals surface area contributed by atoms with Crippen molar-refractivity contribution in [2.24, 2.45) is 0 Å². The van der Waals surface area contributed by atoms with Crippen LogP contribution in [-0.4, -0.2) is 23.7 Å². The van der Waals surface area contributed by atoms with Crippen LogP contribution in [0.25, 0.3) is 0 Å². The van der Waals surface area contributed by atoms with E-state index in [1.165, 1.54) is 0 Å². The standard InChI is InChI=1S/C11H17NO3/c1-2-9(13)8-12-11(14)6-5-10-4-3-7-15-10/h3-4,7,9,13H,2,5-6,8H2,1H3,(H,12,14). The van der Waals surface area contributed by atoms with Crippen LogP contribution in [0, 0.1) is 0 Å². The van der Waals surface area contributed by atoms with Crippen LogP contribution in [0.2, 0.25) is 0 Å². The summed E-state index contributed by atoms with van der Waals surface area (Å²) in [6, 6.07) is 3.64. The summed E-state index contributed by atoms with van der Waals surface area (Å²) in [5.41, 5.74) is 0. The molecular formula is C11H17NO3. The highest BCUT2D eigenvalue weighted by atomic mass is 16.3. The average Bonchev–Trinajstić information content (AvgIpc) is 2.75. The Morgan fingerprint density at radius 2 is 2.47 bits per heavy atom. The summed E-state index contributed by atoms with van der Waals surface area (Å²) in [4.78, 5) is 11.3. The Kier molecular flexibility index (Phi) is 4.90. The third-order valence-electron chi connectivity index (χ3n) is 2.18. The van der Waals surface area contributed by atoms with Crippen LogP contribution in [0.5, 0.6) is 0 Å². The van der Waals surface area contributed by atoms with Gasteiger partial charge in [0.25, 0.3) is 0 Å². The second-order valence-electron chi connectivity index (χ2n) is 3.45. The van der Waals surface area contributed by atoms with Gasteiger partial charge in [0, 0.05) is 19.4 Å². The molecule has 1 atom stereocenters. The summed E-state index contributed by atoms with van der Waals surface area (Å²) in [5, 5.41) is 11.9. The Morgan fingerprint density at radius 1 is 1.67 bits per heavy atom. The molecule has 2 N–H and O–H groups in total. The lowest BCUT2D eigenvalue weighted by atomic mass is 10.2. The predicted molar refractivity (Wildman–Crippen MR) is 56.3 cm³/mol. The van der Waals surface area contributed by atoms with E-state index < -0.39 is 6.10 Å². The van der Waals surface area contributed by atoms with Crippen LogP contribution in [0.4, 0.5) is 0 Å². The molecule has 1 aromatic rings. The van der Waals surface area contributed by atoms with Crippen molar-refractivity contribution in [3.8, 4) is 0 Å². The molecule has 0 saturated carbocycles. The van der Waals surface area contributed by atoms with Crippen molar-refractivity contribution in [2.45, 2.75) is 32.3 Å². The van der Waals surface area contributed by atoms with E-state index in [9.17, 15) is 9.90 Å². The molecule has 1 rings (SSSR count). The first-order valence-corrected chi connectivity index (χ1v) is 5.19. The van der Waals surface area contributed by atoms with Gasteiger partial charge < -0.3 is 14.8 Å². The molecule has 0 aliphatic carbocycles. The average molecular weight is 211 g/mol. The van der Waals surface area contributed by atoms with Gasteiger partial charge in [-0.1, -0.05) is 6.92 Å². The largest absolute Gasteiger partial charge is 0.469 e. The maximum absolute atomic E-state index is 11.3. The van der Waals surface area contributed by atoms with Crippen LogP contribution < -0.4 is 5.32 Å². The highest BCUT2D eigenvalue weighted by molar-refractivity contribution is 5.76. The molecule has 15 heavy (non-hydrogen) atoms. The molecule has 1 unspecified atom stereocenters. The number of aryl methyl sites for hydroxylation is 1. The van der Waals surface area contributed by atoms with Gasteiger partial charge >= 0.3 is 0 Å². The zero-order valence-corrected chi connectivity index (χ0v) is 8.90. The van der Waals surface area contributed by atoms with E-state index >= 15 is 0 Å². The van der Waals surface area contributed by atoms with Crippen LogP contribution in [0.15, 0.2) is 22.8 Å². The number of aliphatic hydroxyl groups excluding tert-OH is 1. The number of furan rings is 1. The molecule has 0 aromatic carbocycles. The van der Waals surface area contributed by atoms with E-state index in [-0.39, 0.29) is 5.91 Å². The van der Waals surface area contributed by atoms with Crippen molar-refractivity contribution in [3.05, 3.63) is 24.2 Å². The van der Waals surface area contributed by atoms with Gasteiger partial charge in [-0.2, -0.15) is 0 Å². The molecule has 84 valence electrons. The van der Waals surface area contributed by atoms with E-state index in [1.807, 2.05) is 13.0 Å². The molecule has 0 radical (unpaired) electrons. The topological polar surface area (TPSA) is 62.5 Å². The van der Waals surface area contributed by atoms with Gasteiger partial charge in [-0.15, -0.1) is 0 Å². The third-order valence-corrected chi connectivity index (χ3v) is 2.18. The van der Waals surface area contributed by atoms with Gasteiger partial charge in [0.1, 0.15) is 5.76 Å². The fourth-order valence-corrected chi connectivity index (χ4v) is 1.16. The number of hydrogen-bond donors (Lipinski definition) is 2. The first-order valence-electron chi connectivity index (χ1n) is 5.19. The lowest BCUT2D eigenvalue weighted by molar-refractivity contribution is -0.121. The molecule has 4 nitrogen and oxygen atoms in total. The van der Waals surface area contributed by atoms with Gasteiger partial charge in [0.05, 0.1) is 12.4 Å². The van der Waals surface area contributed by atoms with Crippen LogP contribution >= 0.6 is 0 Å². The molecule has 1 aromatic heterocycles. The number of hydrogen-bond acceptors (Lipinski definition) is 3. The molecule has 0 fully saturated rings. The Bertz CT molecular complexity index is 282. The van der Waals surface area contributed by atoms with Gasteiger partial charge in [-0.05, 0) is 18.6 Å². The maximum Gasteiger partial charge on any atom is 0.220 e. The van der Waals surface area contributed by atoms with Crippen molar-refractivity contribution in [3.63, 3.8) is 0 Å². The van der Waals surface area contributed by atoms with Gasteiger partial charge in [0.15, 0.2) is 0 Å². The summed E-state index contributed by atoms with van der Waals surface area (Å²) >= 11 is 0. The highest BCUT2D eigenvalue weighted by Gasteiger charge is 2.06. The number of amides is 1. The lowest BCUT2D eigenvalue weighted by Crippen LogP contribution is -2.31. The monoisotopic (exact) mass is 211 g/mol. The minimum atomic E-state index is -0.447. The van der Waals surface area contributed by atoms with Crippen LogP contribution in [0.3, 0.4) is 0 Å². The molecule has 0 aliphatic heterocycles. The molecule has 0 bridgehead atoms. The number of aliphatic hydroxyl groups is 1. The van der Waals surface area contributed by atoms with Crippen LogP contribution in [0.1, 0.15) is 25.5 Å². The fourth-order valence-electron chi connectivity index (χ4n) is 1.16. The van der Waals surface area contributed by atoms with Crippen molar-refractivity contribution in [2.75, 3.05) is 6.54 Å². The third kappa shape index (κ3) is 4.65. The first-order chi connectivity index (χ1) is 7.22. The summed E-state index contributed by atoms with van der Waals surface area (Å²) in [6.45, 7) is 2.20. The maximum atomic E-state index is 11.3. The van der Waals surface area contributed by atoms with E-state index in [0.29, 0.717) is 25.8 Å². The molecular weight excluding hydrogens is 194 g/mol. The van der Waals surface area contributed by atoms with E-state index in [1.54, 1.807) is 12.3 Å². The Hall–Kier alpha value is -1.29. The fraction of sp³-hybridized carbons (Fsp3) is 0.545. The number of carbonyl (C=O) groups excluding carboxylic acids is 1. The lowest BCUT2D eigenvalue weighted by Gasteiger charge is -2.08. The number of nitrogens with one attached hydrogen (secondary N) is 1. The Labute approximate surface area is 89.3 Å². The second-order valence-corrected chi connectivity index (χ2v) is 3.45. The van der Waals surface area contributed by atoms with Gasteiger partial charge in [-0.3, -0.25) is 4.79 Å². The van der Waals surface area contributed by atoms with Crippen LogP contribution in [-0.2, 0) is 11.2 Å². The molecule has 0 saturated heterocycles. The van der Waals surface area contributed by atoms with E-state index in [2.05, 4.69) is 5.32 Å². The predicted octanol–water partition coefficient (Wildman–Crippen LogP) is 1.10. The van der Waals surface area contributed by atoms with Crippen molar-refractivity contribution >= 4 is 5.91 Å². The molecule has 1 heterocycles. The second kappa shape index (κ2) is 6.24. The van der Waals surface area contributed by atoms with E-state index in [0.717, 1.165) is 5.76 Å². The molecule has 0 spiro atoms. The minimum Gasteiger partial charge on any atom is -0.469 e. The zero-order valence-electron chi connectivity index (χ0n) is 8.90. The first kappa shape index (κ1) is 11.8. The summed E-state index contributed by atoms with van der Waals surface area (Å²) in [7, 11) is 0. The van der Waals surface area contributed by atoms with Crippen molar-refractivity contribution in [1.82, 2.24) is 5.32 Å². The molecule has 4 heteroatoms. The number of rotatable bonds is 6. The van der Waals surface area contributed by atoms with Crippen molar-refractivity contribution < 1.29 is 14.3 Å². The van der Waals surface area contributed by atoms with Crippen molar-refractivity contribution in [1.29, 1.82) is 0 Å². The molecule has 1 amide bonds. The Balaban J connectivity index is 2.14. The normalized spacial score (nSPS) is 12.4. The summed E-state index contributed by atoms with van der Waals surface area (Å²) in [6.07, 6.45) is 2.79. The Morgan fingerprint density at radius 3 is 3.07 bits per heavy atom.